The molecule has 0 radical (unpaired) electrons. The minimum Gasteiger partial charge on any atom is -0.392 e. The quantitative estimate of drug-likeness (QED) is 0.858. The van der Waals surface area contributed by atoms with Crippen molar-refractivity contribution in [3.05, 3.63) is 35.1 Å². The van der Waals surface area contributed by atoms with Crippen molar-refractivity contribution < 1.29 is 9.50 Å². The van der Waals surface area contributed by atoms with Crippen LogP contribution in [0.2, 0.25) is 0 Å². The van der Waals surface area contributed by atoms with Gasteiger partial charge >= 0.3 is 0 Å². The van der Waals surface area contributed by atoms with Crippen LogP contribution in [0.3, 0.4) is 0 Å². The number of aryl methyl sites for hydroxylation is 1. The zero-order valence-corrected chi connectivity index (χ0v) is 11.9. The summed E-state index contributed by atoms with van der Waals surface area (Å²) >= 11 is 0. The Morgan fingerprint density at radius 2 is 1.79 bits per heavy atom. The van der Waals surface area contributed by atoms with Gasteiger partial charge in [0.2, 0.25) is 0 Å². The van der Waals surface area contributed by atoms with E-state index in [4.69, 9.17) is 0 Å². The van der Waals surface area contributed by atoms with E-state index in [0.717, 1.165) is 24.0 Å². The molecular formula is C17H25FO. The molecule has 19 heavy (non-hydrogen) atoms. The molecule has 0 amide bonds. The first-order valence-corrected chi connectivity index (χ1v) is 7.60. The van der Waals surface area contributed by atoms with E-state index in [-0.39, 0.29) is 11.9 Å². The Morgan fingerprint density at radius 1 is 1.16 bits per heavy atom. The Labute approximate surface area is 115 Å². The summed E-state index contributed by atoms with van der Waals surface area (Å²) in [5.41, 5.74) is 2.03. The van der Waals surface area contributed by atoms with E-state index in [0.29, 0.717) is 12.3 Å². The van der Waals surface area contributed by atoms with E-state index in [1.807, 2.05) is 6.92 Å². The van der Waals surface area contributed by atoms with E-state index in [2.05, 4.69) is 0 Å². The van der Waals surface area contributed by atoms with Gasteiger partial charge in [-0.3, -0.25) is 0 Å². The second-order valence-corrected chi connectivity index (χ2v) is 5.95. The zero-order chi connectivity index (χ0) is 13.7. The van der Waals surface area contributed by atoms with Crippen LogP contribution in [0.4, 0.5) is 4.39 Å². The van der Waals surface area contributed by atoms with Gasteiger partial charge in [0.1, 0.15) is 5.82 Å². The molecule has 1 aromatic carbocycles. The first kappa shape index (κ1) is 14.5. The second kappa shape index (κ2) is 7.04. The van der Waals surface area contributed by atoms with Crippen LogP contribution in [0.1, 0.15) is 56.1 Å². The van der Waals surface area contributed by atoms with Gasteiger partial charge in [0, 0.05) is 0 Å². The lowest BCUT2D eigenvalue weighted by molar-refractivity contribution is 0.0911. The van der Waals surface area contributed by atoms with Gasteiger partial charge in [0.25, 0.3) is 0 Å². The summed E-state index contributed by atoms with van der Waals surface area (Å²) in [5, 5.41) is 10.4. The highest BCUT2D eigenvalue weighted by molar-refractivity contribution is 5.27. The van der Waals surface area contributed by atoms with Crippen LogP contribution < -0.4 is 0 Å². The van der Waals surface area contributed by atoms with Crippen LogP contribution in [0.15, 0.2) is 18.2 Å². The molecule has 1 aromatic rings. The van der Waals surface area contributed by atoms with E-state index in [1.54, 1.807) is 12.1 Å². The topological polar surface area (TPSA) is 20.2 Å². The van der Waals surface area contributed by atoms with Crippen LogP contribution in [0.25, 0.3) is 0 Å². The maximum absolute atomic E-state index is 13.3. The second-order valence-electron chi connectivity index (χ2n) is 5.95. The van der Waals surface area contributed by atoms with Crippen molar-refractivity contribution in [3.8, 4) is 0 Å². The van der Waals surface area contributed by atoms with Crippen LogP contribution in [-0.2, 0) is 6.42 Å². The molecule has 2 rings (SSSR count). The van der Waals surface area contributed by atoms with Crippen molar-refractivity contribution in [3.63, 3.8) is 0 Å². The van der Waals surface area contributed by atoms with Gasteiger partial charge in [0.15, 0.2) is 0 Å². The van der Waals surface area contributed by atoms with Crippen LogP contribution >= 0.6 is 0 Å². The highest BCUT2D eigenvalue weighted by Crippen LogP contribution is 2.27. The SMILES string of the molecule is Cc1ccc(F)cc1CC(O)C1CCCCCCC1. The lowest BCUT2D eigenvalue weighted by Crippen LogP contribution is -2.24. The Hall–Kier alpha value is -0.890. The number of halogens is 1. The standard InChI is InChI=1S/C17H25FO/c1-13-9-10-16(18)11-15(13)12-17(19)14-7-5-3-2-4-6-8-14/h9-11,14,17,19H,2-8,12H2,1H3. The number of aliphatic hydroxyl groups is 1. The maximum atomic E-state index is 13.3. The third-order valence-corrected chi connectivity index (χ3v) is 4.43. The zero-order valence-electron chi connectivity index (χ0n) is 11.9. The molecule has 2 heteroatoms. The van der Waals surface area contributed by atoms with Gasteiger partial charge in [-0.15, -0.1) is 0 Å². The number of rotatable bonds is 3. The fraction of sp³-hybridized carbons (Fsp3) is 0.647. The summed E-state index contributed by atoms with van der Waals surface area (Å²) < 4.78 is 13.3. The number of hydrogen-bond acceptors (Lipinski definition) is 1. The third kappa shape index (κ3) is 4.31. The Bertz CT molecular complexity index is 394. The fourth-order valence-corrected chi connectivity index (χ4v) is 3.12. The fourth-order valence-electron chi connectivity index (χ4n) is 3.12. The molecule has 0 saturated heterocycles. The molecule has 1 aliphatic rings. The lowest BCUT2D eigenvalue weighted by atomic mass is 9.84. The predicted octanol–water partition coefficient (Wildman–Crippen LogP) is 4.40. The van der Waals surface area contributed by atoms with Crippen LogP contribution in [0, 0.1) is 18.7 Å². The normalized spacial score (nSPS) is 19.7. The van der Waals surface area contributed by atoms with Crippen molar-refractivity contribution in [2.24, 2.45) is 5.92 Å². The highest BCUT2D eigenvalue weighted by Gasteiger charge is 2.21. The molecule has 1 N–H and O–H groups in total. The lowest BCUT2D eigenvalue weighted by Gasteiger charge is -2.25. The molecule has 0 aliphatic heterocycles. The van der Waals surface area contributed by atoms with Gasteiger partial charge in [-0.1, -0.05) is 38.2 Å². The average molecular weight is 264 g/mol. The van der Waals surface area contributed by atoms with Crippen molar-refractivity contribution in [1.82, 2.24) is 0 Å². The van der Waals surface area contributed by atoms with Gasteiger partial charge in [-0.25, -0.2) is 4.39 Å². The maximum Gasteiger partial charge on any atom is 0.123 e. The minimum atomic E-state index is -0.321. The first-order chi connectivity index (χ1) is 9.16. The molecule has 1 unspecified atom stereocenters. The first-order valence-electron chi connectivity index (χ1n) is 7.60. The number of benzene rings is 1. The third-order valence-electron chi connectivity index (χ3n) is 4.43. The van der Waals surface area contributed by atoms with Crippen LogP contribution in [-0.4, -0.2) is 11.2 Å². The van der Waals surface area contributed by atoms with Gasteiger partial charge < -0.3 is 5.11 Å². The molecule has 0 bridgehead atoms. The summed E-state index contributed by atoms with van der Waals surface area (Å²) in [6.07, 6.45) is 8.89. The summed E-state index contributed by atoms with van der Waals surface area (Å²) in [5.74, 6) is 0.188. The highest BCUT2D eigenvalue weighted by atomic mass is 19.1. The van der Waals surface area contributed by atoms with Gasteiger partial charge in [0.05, 0.1) is 6.10 Å². The Balaban J connectivity index is 1.98. The summed E-state index contributed by atoms with van der Waals surface area (Å²) in [6.45, 7) is 1.99. The summed E-state index contributed by atoms with van der Waals surface area (Å²) in [6, 6.07) is 4.86. The smallest absolute Gasteiger partial charge is 0.123 e. The van der Waals surface area contributed by atoms with Crippen molar-refractivity contribution >= 4 is 0 Å². The van der Waals surface area contributed by atoms with E-state index >= 15 is 0 Å². The molecule has 1 atom stereocenters. The average Bonchev–Trinajstić information content (AvgIpc) is 2.33. The van der Waals surface area contributed by atoms with E-state index in [1.165, 1.54) is 38.2 Å². The molecule has 1 saturated carbocycles. The van der Waals surface area contributed by atoms with E-state index < -0.39 is 0 Å². The van der Waals surface area contributed by atoms with Crippen molar-refractivity contribution in [2.75, 3.05) is 0 Å². The molecule has 1 aliphatic carbocycles. The monoisotopic (exact) mass is 264 g/mol. The summed E-state index contributed by atoms with van der Waals surface area (Å²) in [7, 11) is 0. The van der Waals surface area contributed by atoms with Gasteiger partial charge in [-0.05, 0) is 55.4 Å². The minimum absolute atomic E-state index is 0.203. The predicted molar refractivity (Wildman–Crippen MR) is 76.7 cm³/mol. The largest absolute Gasteiger partial charge is 0.392 e. The van der Waals surface area contributed by atoms with Crippen LogP contribution in [0.5, 0.6) is 0 Å². The number of hydrogen-bond donors (Lipinski definition) is 1. The molecule has 0 spiro atoms. The molecule has 0 aromatic heterocycles. The number of aliphatic hydroxyl groups excluding tert-OH is 1. The van der Waals surface area contributed by atoms with Crippen molar-refractivity contribution in [2.45, 2.75) is 64.4 Å². The molecule has 106 valence electrons. The Morgan fingerprint density at radius 3 is 2.47 bits per heavy atom. The van der Waals surface area contributed by atoms with Crippen molar-refractivity contribution in [1.29, 1.82) is 0 Å². The Kier molecular flexibility index (Phi) is 5.38. The van der Waals surface area contributed by atoms with Gasteiger partial charge in [-0.2, -0.15) is 0 Å². The molecule has 1 fully saturated rings. The molecule has 1 nitrogen and oxygen atoms in total. The van der Waals surface area contributed by atoms with E-state index in [9.17, 15) is 9.50 Å². The summed E-state index contributed by atoms with van der Waals surface area (Å²) in [4.78, 5) is 0. The molecular weight excluding hydrogens is 239 g/mol. The molecule has 0 heterocycles.